The van der Waals surface area contributed by atoms with Gasteiger partial charge in [0.15, 0.2) is 11.0 Å². The number of carboxylic acid groups (broad SMARTS) is 1. The van der Waals surface area contributed by atoms with E-state index in [2.05, 4.69) is 17.1 Å². The molecule has 0 aliphatic rings. The SMILES string of the molecule is CCc1ccc(OCc2nnc(SCC(=O)O)n2CC)cc1. The molecule has 0 aliphatic carbocycles. The summed E-state index contributed by atoms with van der Waals surface area (Å²) in [6.07, 6.45) is 0.995. The molecule has 118 valence electrons. The lowest BCUT2D eigenvalue weighted by Gasteiger charge is -2.08. The van der Waals surface area contributed by atoms with Crippen molar-refractivity contribution in [2.75, 3.05) is 5.75 Å². The predicted octanol–water partition coefficient (Wildman–Crippen LogP) is 2.62. The molecule has 0 saturated heterocycles. The highest BCUT2D eigenvalue weighted by Crippen LogP contribution is 2.19. The Bertz CT molecular complexity index is 625. The minimum Gasteiger partial charge on any atom is -0.486 e. The van der Waals surface area contributed by atoms with Gasteiger partial charge in [0.25, 0.3) is 0 Å². The molecule has 0 spiro atoms. The molecule has 6 nitrogen and oxygen atoms in total. The summed E-state index contributed by atoms with van der Waals surface area (Å²) in [4.78, 5) is 10.6. The Kier molecular flexibility index (Phi) is 5.83. The minimum atomic E-state index is -0.871. The van der Waals surface area contributed by atoms with Gasteiger partial charge in [0.05, 0.1) is 5.75 Å². The molecule has 0 amide bonds. The summed E-state index contributed by atoms with van der Waals surface area (Å²) in [7, 11) is 0. The van der Waals surface area contributed by atoms with E-state index in [9.17, 15) is 4.79 Å². The van der Waals surface area contributed by atoms with Crippen molar-refractivity contribution >= 4 is 17.7 Å². The Morgan fingerprint density at radius 3 is 2.59 bits per heavy atom. The number of rotatable bonds is 8. The normalized spacial score (nSPS) is 10.6. The second-order valence-electron chi connectivity index (χ2n) is 4.61. The summed E-state index contributed by atoms with van der Waals surface area (Å²) in [5.41, 5.74) is 1.26. The molecule has 1 heterocycles. The van der Waals surface area contributed by atoms with Gasteiger partial charge in [0.1, 0.15) is 12.4 Å². The van der Waals surface area contributed by atoms with Crippen LogP contribution in [0.1, 0.15) is 25.2 Å². The van der Waals surface area contributed by atoms with Gasteiger partial charge in [-0.25, -0.2) is 0 Å². The fourth-order valence-corrected chi connectivity index (χ4v) is 2.69. The summed E-state index contributed by atoms with van der Waals surface area (Å²) < 4.78 is 7.59. The standard InChI is InChI=1S/C15H19N3O3S/c1-3-11-5-7-12(8-6-11)21-9-13-16-17-15(18(13)4-2)22-10-14(19)20/h5-8H,3-4,9-10H2,1-2H3,(H,19,20). The molecule has 1 aromatic heterocycles. The van der Waals surface area contributed by atoms with Gasteiger partial charge >= 0.3 is 5.97 Å². The fraction of sp³-hybridized carbons (Fsp3) is 0.400. The minimum absolute atomic E-state index is 0.0303. The third-order valence-corrected chi connectivity index (χ3v) is 4.09. The average Bonchev–Trinajstić information content (AvgIpc) is 2.93. The van der Waals surface area contributed by atoms with E-state index in [4.69, 9.17) is 9.84 Å². The van der Waals surface area contributed by atoms with Crippen LogP contribution < -0.4 is 4.74 Å². The molecule has 0 saturated carbocycles. The molecule has 2 rings (SSSR count). The maximum atomic E-state index is 10.6. The summed E-state index contributed by atoms with van der Waals surface area (Å²) in [5, 5.41) is 17.5. The Labute approximate surface area is 133 Å². The number of carbonyl (C=O) groups is 1. The number of nitrogens with zero attached hydrogens (tertiary/aromatic N) is 3. The van der Waals surface area contributed by atoms with E-state index in [1.54, 1.807) is 0 Å². The number of carboxylic acids is 1. The number of hydrogen-bond donors (Lipinski definition) is 1. The number of benzene rings is 1. The first-order chi connectivity index (χ1) is 10.6. The first-order valence-electron chi connectivity index (χ1n) is 7.12. The summed E-state index contributed by atoms with van der Waals surface area (Å²) in [6.45, 7) is 5.05. The zero-order valence-corrected chi connectivity index (χ0v) is 13.5. The number of aliphatic carboxylic acids is 1. The molecule has 0 aliphatic heterocycles. The van der Waals surface area contributed by atoms with Crippen LogP contribution in [0.5, 0.6) is 5.75 Å². The molecular weight excluding hydrogens is 302 g/mol. The number of thioether (sulfide) groups is 1. The van der Waals surface area contributed by atoms with E-state index < -0.39 is 5.97 Å². The fourth-order valence-electron chi connectivity index (χ4n) is 1.95. The lowest BCUT2D eigenvalue weighted by molar-refractivity contribution is -0.133. The number of aryl methyl sites for hydroxylation is 1. The zero-order chi connectivity index (χ0) is 15.9. The van der Waals surface area contributed by atoms with E-state index >= 15 is 0 Å². The first-order valence-corrected chi connectivity index (χ1v) is 8.11. The van der Waals surface area contributed by atoms with Crippen molar-refractivity contribution in [3.05, 3.63) is 35.7 Å². The van der Waals surface area contributed by atoms with E-state index in [1.165, 1.54) is 5.56 Å². The van der Waals surface area contributed by atoms with E-state index in [1.807, 2.05) is 35.8 Å². The van der Waals surface area contributed by atoms with Crippen LogP contribution in [-0.4, -0.2) is 31.6 Å². The average molecular weight is 321 g/mol. The highest BCUT2D eigenvalue weighted by atomic mass is 32.2. The second-order valence-corrected chi connectivity index (χ2v) is 5.55. The Balaban J connectivity index is 2.01. The quantitative estimate of drug-likeness (QED) is 0.753. The molecule has 2 aromatic rings. The molecule has 0 atom stereocenters. The molecule has 1 aromatic carbocycles. The van der Waals surface area contributed by atoms with Crippen LogP contribution in [0.3, 0.4) is 0 Å². The number of hydrogen-bond acceptors (Lipinski definition) is 5. The number of ether oxygens (including phenoxy) is 1. The molecule has 0 unspecified atom stereocenters. The smallest absolute Gasteiger partial charge is 0.313 e. The maximum absolute atomic E-state index is 10.6. The second kappa shape index (κ2) is 7.84. The van der Waals surface area contributed by atoms with Gasteiger partial charge in [-0.1, -0.05) is 30.8 Å². The van der Waals surface area contributed by atoms with Crippen molar-refractivity contribution in [1.82, 2.24) is 14.8 Å². The van der Waals surface area contributed by atoms with Gasteiger partial charge in [0, 0.05) is 6.54 Å². The van der Waals surface area contributed by atoms with Gasteiger partial charge in [-0.05, 0) is 31.0 Å². The summed E-state index contributed by atoms with van der Waals surface area (Å²) in [6, 6.07) is 7.94. The van der Waals surface area contributed by atoms with E-state index in [0.717, 1.165) is 23.9 Å². The van der Waals surface area contributed by atoms with Crippen molar-refractivity contribution in [3.8, 4) is 5.75 Å². The van der Waals surface area contributed by atoms with Crippen molar-refractivity contribution in [3.63, 3.8) is 0 Å². The first kappa shape index (κ1) is 16.4. The van der Waals surface area contributed by atoms with Crippen LogP contribution in [-0.2, 0) is 24.4 Å². The topological polar surface area (TPSA) is 77.2 Å². The lowest BCUT2D eigenvalue weighted by atomic mass is 10.2. The van der Waals surface area contributed by atoms with E-state index in [-0.39, 0.29) is 5.75 Å². The van der Waals surface area contributed by atoms with Crippen LogP contribution in [0.15, 0.2) is 29.4 Å². The van der Waals surface area contributed by atoms with Crippen molar-refractivity contribution in [1.29, 1.82) is 0 Å². The molecule has 0 fully saturated rings. The molecule has 0 radical (unpaired) electrons. The van der Waals surface area contributed by atoms with Gasteiger partial charge in [0.2, 0.25) is 0 Å². The van der Waals surface area contributed by atoms with Gasteiger partial charge in [-0.3, -0.25) is 4.79 Å². The van der Waals surface area contributed by atoms with Crippen molar-refractivity contribution in [2.24, 2.45) is 0 Å². The van der Waals surface area contributed by atoms with Crippen molar-refractivity contribution in [2.45, 2.75) is 38.6 Å². The summed E-state index contributed by atoms with van der Waals surface area (Å²) in [5.74, 6) is 0.569. The van der Waals surface area contributed by atoms with Crippen LogP contribution in [0, 0.1) is 0 Å². The summed E-state index contributed by atoms with van der Waals surface area (Å²) >= 11 is 1.16. The Morgan fingerprint density at radius 1 is 1.27 bits per heavy atom. The van der Waals surface area contributed by atoms with Crippen LogP contribution >= 0.6 is 11.8 Å². The molecule has 22 heavy (non-hydrogen) atoms. The highest BCUT2D eigenvalue weighted by Gasteiger charge is 2.13. The van der Waals surface area contributed by atoms with Crippen LogP contribution in [0.25, 0.3) is 0 Å². The van der Waals surface area contributed by atoms with E-state index in [0.29, 0.717) is 24.1 Å². The lowest BCUT2D eigenvalue weighted by Crippen LogP contribution is -2.08. The van der Waals surface area contributed by atoms with Gasteiger partial charge < -0.3 is 14.4 Å². The largest absolute Gasteiger partial charge is 0.486 e. The third-order valence-electron chi connectivity index (χ3n) is 3.13. The zero-order valence-electron chi connectivity index (χ0n) is 12.7. The third kappa shape index (κ3) is 4.24. The maximum Gasteiger partial charge on any atom is 0.313 e. The van der Waals surface area contributed by atoms with Crippen LogP contribution in [0.2, 0.25) is 0 Å². The Morgan fingerprint density at radius 2 is 2.00 bits per heavy atom. The Hall–Kier alpha value is -2.02. The molecule has 1 N–H and O–H groups in total. The number of aromatic nitrogens is 3. The molecular formula is C15H19N3O3S. The van der Waals surface area contributed by atoms with Gasteiger partial charge in [-0.15, -0.1) is 10.2 Å². The van der Waals surface area contributed by atoms with Gasteiger partial charge in [-0.2, -0.15) is 0 Å². The van der Waals surface area contributed by atoms with Crippen LogP contribution in [0.4, 0.5) is 0 Å². The monoisotopic (exact) mass is 321 g/mol. The highest BCUT2D eigenvalue weighted by molar-refractivity contribution is 7.99. The van der Waals surface area contributed by atoms with Crippen molar-refractivity contribution < 1.29 is 14.6 Å². The molecule has 0 bridgehead atoms. The molecule has 7 heteroatoms. The predicted molar refractivity (Wildman–Crippen MR) is 84.2 cm³/mol.